The van der Waals surface area contributed by atoms with E-state index in [0.717, 1.165) is 27.9 Å². The lowest BCUT2D eigenvalue weighted by molar-refractivity contribution is 0.256. The number of para-hydroxylation sites is 1. The predicted octanol–water partition coefficient (Wildman–Crippen LogP) is 4.42. The smallest absolute Gasteiger partial charge is 0.326 e. The van der Waals surface area contributed by atoms with E-state index in [0.29, 0.717) is 30.4 Å². The van der Waals surface area contributed by atoms with Crippen LogP contribution in [-0.2, 0) is 6.42 Å². The fourth-order valence-electron chi connectivity index (χ4n) is 3.57. The van der Waals surface area contributed by atoms with Gasteiger partial charge in [0.25, 0.3) is 0 Å². The van der Waals surface area contributed by atoms with Crippen molar-refractivity contribution in [2.75, 3.05) is 24.3 Å². The number of carbonyl (C=O) groups is 1. The van der Waals surface area contributed by atoms with Gasteiger partial charge in [0, 0.05) is 40.7 Å². The number of aromatic nitrogens is 3. The molecule has 2 heterocycles. The fraction of sp³-hybridized carbons (Fsp3) is 0.200. The number of benzene rings is 2. The van der Waals surface area contributed by atoms with E-state index in [1.165, 1.54) is 0 Å². The first kappa shape index (κ1) is 22.8. The minimum absolute atomic E-state index is 0.260. The number of fused-ring (bicyclic) bond motifs is 1. The number of carbonyl (C=O) groups excluding carboxylic acids is 1. The van der Waals surface area contributed by atoms with Crippen LogP contribution >= 0.6 is 0 Å². The fourth-order valence-corrected chi connectivity index (χ4v) is 3.57. The van der Waals surface area contributed by atoms with Crippen LogP contribution in [0.5, 0.6) is 5.75 Å². The minimum Gasteiger partial charge on any atom is -0.497 e. The van der Waals surface area contributed by atoms with Crippen molar-refractivity contribution < 1.29 is 9.53 Å². The van der Waals surface area contributed by atoms with Crippen LogP contribution in [0.15, 0.2) is 65.8 Å². The highest BCUT2D eigenvalue weighted by molar-refractivity contribution is 6.07. The van der Waals surface area contributed by atoms with E-state index in [9.17, 15) is 4.79 Å². The number of nitrogens with one attached hydrogen (secondary N) is 4. The number of amides is 2. The van der Waals surface area contributed by atoms with Crippen LogP contribution in [0.4, 0.5) is 16.4 Å². The highest BCUT2D eigenvalue weighted by Crippen LogP contribution is 2.18. The average Bonchev–Trinajstić information content (AvgIpc) is 3.22. The summed E-state index contributed by atoms with van der Waals surface area (Å²) in [5.41, 5.74) is 4.50. The van der Waals surface area contributed by atoms with Crippen molar-refractivity contribution in [3.05, 3.63) is 77.7 Å². The second kappa shape index (κ2) is 10.5. The Morgan fingerprint density at radius 2 is 1.76 bits per heavy atom. The van der Waals surface area contributed by atoms with Crippen molar-refractivity contribution in [3.63, 3.8) is 0 Å². The van der Waals surface area contributed by atoms with Crippen molar-refractivity contribution in [1.82, 2.24) is 20.3 Å². The van der Waals surface area contributed by atoms with E-state index in [2.05, 4.69) is 42.0 Å². The number of guanidine groups is 1. The van der Waals surface area contributed by atoms with Crippen LogP contribution in [0.2, 0.25) is 0 Å². The monoisotopic (exact) mass is 457 g/mol. The third-order valence-corrected chi connectivity index (χ3v) is 5.12. The van der Waals surface area contributed by atoms with Crippen LogP contribution in [0, 0.1) is 13.8 Å². The van der Waals surface area contributed by atoms with Gasteiger partial charge in [0.1, 0.15) is 5.75 Å². The third kappa shape index (κ3) is 5.89. The van der Waals surface area contributed by atoms with Gasteiger partial charge < -0.3 is 15.0 Å². The van der Waals surface area contributed by atoms with E-state index in [1.54, 1.807) is 31.4 Å². The summed E-state index contributed by atoms with van der Waals surface area (Å²) in [6.07, 6.45) is 2.69. The molecule has 0 atom stereocenters. The molecule has 0 aliphatic heterocycles. The van der Waals surface area contributed by atoms with Gasteiger partial charge in [-0.15, -0.1) is 0 Å². The van der Waals surface area contributed by atoms with Gasteiger partial charge in [-0.1, -0.05) is 18.2 Å². The molecule has 4 rings (SSSR count). The molecule has 4 N–H and O–H groups in total. The molecule has 0 radical (unpaired) electrons. The van der Waals surface area contributed by atoms with E-state index in [-0.39, 0.29) is 5.96 Å². The van der Waals surface area contributed by atoms with Gasteiger partial charge in [-0.3, -0.25) is 15.6 Å². The SMILES string of the molecule is COc1ccc(NC(=O)NC(=NCCc2c[nH]c3ccccc23)Nc2nc(C)cc(C)n2)cc1. The number of H-pyrrole nitrogens is 1. The lowest BCUT2D eigenvalue weighted by Crippen LogP contribution is -2.39. The Morgan fingerprint density at radius 1 is 1.03 bits per heavy atom. The Kier molecular flexibility index (Phi) is 7.02. The zero-order chi connectivity index (χ0) is 23.9. The molecule has 9 heteroatoms. The first-order chi connectivity index (χ1) is 16.5. The number of hydrogen-bond donors (Lipinski definition) is 4. The quantitative estimate of drug-likeness (QED) is 0.253. The van der Waals surface area contributed by atoms with Crippen LogP contribution in [0.25, 0.3) is 10.9 Å². The summed E-state index contributed by atoms with van der Waals surface area (Å²) >= 11 is 0. The lowest BCUT2D eigenvalue weighted by Gasteiger charge is -2.12. The minimum atomic E-state index is -0.437. The molecule has 174 valence electrons. The van der Waals surface area contributed by atoms with Crippen molar-refractivity contribution in [1.29, 1.82) is 0 Å². The normalized spacial score (nSPS) is 11.3. The molecular formula is C25H27N7O2. The highest BCUT2D eigenvalue weighted by Gasteiger charge is 2.10. The summed E-state index contributed by atoms with van der Waals surface area (Å²) < 4.78 is 5.15. The van der Waals surface area contributed by atoms with Crippen molar-refractivity contribution >= 4 is 34.5 Å². The molecule has 4 aromatic rings. The molecule has 0 spiro atoms. The Morgan fingerprint density at radius 3 is 2.50 bits per heavy atom. The second-order valence-electron chi connectivity index (χ2n) is 7.75. The molecule has 2 amide bonds. The number of aryl methyl sites for hydroxylation is 2. The predicted molar refractivity (Wildman–Crippen MR) is 135 cm³/mol. The zero-order valence-corrected chi connectivity index (χ0v) is 19.3. The second-order valence-corrected chi connectivity index (χ2v) is 7.75. The standard InChI is InChI=1S/C25H27N7O2/c1-16-14-17(2)29-24(28-16)31-23(32-25(33)30-19-8-10-20(34-3)11-9-19)26-13-12-18-15-27-22-7-5-4-6-21(18)22/h4-11,14-15,27H,12-13H2,1-3H3,(H3,26,28,29,30,31,32,33). The number of aliphatic imine (C=N–C) groups is 1. The van der Waals surface area contributed by atoms with Gasteiger partial charge in [0.2, 0.25) is 11.9 Å². The molecule has 2 aromatic heterocycles. The largest absolute Gasteiger partial charge is 0.497 e. The Balaban J connectivity index is 1.48. The van der Waals surface area contributed by atoms with Gasteiger partial charge in [-0.2, -0.15) is 0 Å². The summed E-state index contributed by atoms with van der Waals surface area (Å²) in [5.74, 6) is 1.34. The van der Waals surface area contributed by atoms with E-state index in [1.807, 2.05) is 44.3 Å². The van der Waals surface area contributed by atoms with Crippen molar-refractivity contribution in [2.45, 2.75) is 20.3 Å². The molecule has 0 fully saturated rings. The Labute approximate surface area is 197 Å². The molecule has 0 aliphatic rings. The molecule has 0 aliphatic carbocycles. The summed E-state index contributed by atoms with van der Waals surface area (Å²) in [5, 5.41) is 9.76. The molecule has 0 bridgehead atoms. The average molecular weight is 458 g/mol. The molecule has 0 saturated carbocycles. The molecular weight excluding hydrogens is 430 g/mol. The number of rotatable bonds is 6. The first-order valence-electron chi connectivity index (χ1n) is 10.9. The van der Waals surface area contributed by atoms with Crippen LogP contribution in [-0.4, -0.2) is 40.6 Å². The highest BCUT2D eigenvalue weighted by atomic mass is 16.5. The molecule has 9 nitrogen and oxygen atoms in total. The topological polar surface area (TPSA) is 116 Å². The summed E-state index contributed by atoms with van der Waals surface area (Å²) in [4.78, 5) is 29.3. The Hall–Kier alpha value is -4.40. The number of urea groups is 1. The van der Waals surface area contributed by atoms with Gasteiger partial charge in [0.05, 0.1) is 7.11 Å². The summed E-state index contributed by atoms with van der Waals surface area (Å²) in [7, 11) is 1.59. The molecule has 34 heavy (non-hydrogen) atoms. The number of methoxy groups -OCH3 is 1. The van der Waals surface area contributed by atoms with E-state index in [4.69, 9.17) is 4.74 Å². The maximum absolute atomic E-state index is 12.6. The number of ether oxygens (including phenoxy) is 1. The summed E-state index contributed by atoms with van der Waals surface area (Å²) in [6.45, 7) is 4.23. The van der Waals surface area contributed by atoms with Crippen molar-refractivity contribution in [2.24, 2.45) is 4.99 Å². The van der Waals surface area contributed by atoms with Gasteiger partial charge in [-0.25, -0.2) is 14.8 Å². The van der Waals surface area contributed by atoms with Crippen LogP contribution < -0.4 is 20.7 Å². The van der Waals surface area contributed by atoms with Crippen LogP contribution in [0.1, 0.15) is 17.0 Å². The van der Waals surface area contributed by atoms with Gasteiger partial charge >= 0.3 is 6.03 Å². The number of nitrogens with zero attached hydrogens (tertiary/aromatic N) is 3. The summed E-state index contributed by atoms with van der Waals surface area (Å²) in [6, 6.07) is 16.6. The first-order valence-corrected chi connectivity index (χ1v) is 10.9. The Bertz CT molecular complexity index is 1290. The number of aromatic amines is 1. The van der Waals surface area contributed by atoms with Crippen molar-refractivity contribution in [3.8, 4) is 5.75 Å². The molecule has 0 saturated heterocycles. The van der Waals surface area contributed by atoms with Crippen LogP contribution in [0.3, 0.4) is 0 Å². The third-order valence-electron chi connectivity index (χ3n) is 5.12. The van der Waals surface area contributed by atoms with E-state index < -0.39 is 6.03 Å². The maximum Gasteiger partial charge on any atom is 0.326 e. The number of anilines is 2. The van der Waals surface area contributed by atoms with E-state index >= 15 is 0 Å². The molecule has 2 aromatic carbocycles. The van der Waals surface area contributed by atoms with Gasteiger partial charge in [-0.05, 0) is 62.2 Å². The molecule has 0 unspecified atom stereocenters. The maximum atomic E-state index is 12.6. The zero-order valence-electron chi connectivity index (χ0n) is 19.3. The lowest BCUT2D eigenvalue weighted by atomic mass is 10.1. The number of hydrogen-bond acceptors (Lipinski definition) is 5. The van der Waals surface area contributed by atoms with Gasteiger partial charge in [0.15, 0.2) is 0 Å².